The minimum Gasteiger partial charge on any atom is -0.381 e. The summed E-state index contributed by atoms with van der Waals surface area (Å²) in [6.07, 6.45) is 1.94. The van der Waals surface area contributed by atoms with Gasteiger partial charge in [-0.15, -0.1) is 12.4 Å². The smallest absolute Gasteiger partial charge is 0.135 e. The molecule has 2 rings (SSSR count). The fourth-order valence-corrected chi connectivity index (χ4v) is 2.47. The van der Waals surface area contributed by atoms with Crippen LogP contribution in [0.1, 0.15) is 24.4 Å². The summed E-state index contributed by atoms with van der Waals surface area (Å²) >= 11 is 11.8. The van der Waals surface area contributed by atoms with Crippen molar-refractivity contribution in [2.24, 2.45) is 11.7 Å². The summed E-state index contributed by atoms with van der Waals surface area (Å²) in [6, 6.07) is 3.50. The maximum Gasteiger partial charge on any atom is 0.135 e. The van der Waals surface area contributed by atoms with Crippen molar-refractivity contribution in [1.82, 2.24) is 4.98 Å². The maximum absolute atomic E-state index is 6.20. The van der Waals surface area contributed by atoms with Crippen LogP contribution in [0, 0.1) is 5.92 Å². The first-order valence-corrected chi connectivity index (χ1v) is 6.09. The molecule has 17 heavy (non-hydrogen) atoms. The summed E-state index contributed by atoms with van der Waals surface area (Å²) in [5.41, 5.74) is 7.07. The van der Waals surface area contributed by atoms with Crippen molar-refractivity contribution in [2.75, 3.05) is 13.2 Å². The van der Waals surface area contributed by atoms with E-state index in [0.29, 0.717) is 16.2 Å². The molecule has 6 heteroatoms. The summed E-state index contributed by atoms with van der Waals surface area (Å²) < 4.78 is 5.31. The van der Waals surface area contributed by atoms with Gasteiger partial charge in [-0.2, -0.15) is 0 Å². The lowest BCUT2D eigenvalue weighted by atomic mass is 9.88. The Morgan fingerprint density at radius 1 is 1.29 bits per heavy atom. The first-order valence-electron chi connectivity index (χ1n) is 5.34. The highest BCUT2D eigenvalue weighted by atomic mass is 35.5. The van der Waals surface area contributed by atoms with Crippen molar-refractivity contribution >= 4 is 35.6 Å². The number of nitrogens with two attached hydrogens (primary N) is 1. The number of pyridine rings is 1. The lowest BCUT2D eigenvalue weighted by molar-refractivity contribution is 0.0583. The minimum absolute atomic E-state index is 0. The van der Waals surface area contributed by atoms with Crippen molar-refractivity contribution in [2.45, 2.75) is 18.9 Å². The molecule has 0 aromatic carbocycles. The van der Waals surface area contributed by atoms with E-state index in [0.717, 1.165) is 31.6 Å². The van der Waals surface area contributed by atoms with Gasteiger partial charge in [-0.3, -0.25) is 0 Å². The maximum atomic E-state index is 6.20. The Labute approximate surface area is 117 Å². The van der Waals surface area contributed by atoms with Gasteiger partial charge >= 0.3 is 0 Å². The molecule has 0 spiro atoms. The monoisotopic (exact) mass is 296 g/mol. The van der Waals surface area contributed by atoms with Crippen LogP contribution in [0.15, 0.2) is 12.1 Å². The van der Waals surface area contributed by atoms with Gasteiger partial charge in [-0.1, -0.05) is 29.3 Å². The molecule has 1 atom stereocenters. The van der Waals surface area contributed by atoms with Crippen LogP contribution in [0.4, 0.5) is 0 Å². The van der Waals surface area contributed by atoms with E-state index >= 15 is 0 Å². The quantitative estimate of drug-likeness (QED) is 0.853. The predicted octanol–water partition coefficient (Wildman–Crippen LogP) is 3.24. The standard InChI is InChI=1S/C11H14Cl2N2O.ClH/c12-9-2-1-8(11(13)15-9)10(14)7-3-5-16-6-4-7;/h1-2,7,10H,3-6,14H2;1H/t10-;/m1./s1. The average Bonchev–Trinajstić information content (AvgIpc) is 2.29. The van der Waals surface area contributed by atoms with Crippen LogP contribution in [-0.2, 0) is 4.74 Å². The SMILES string of the molecule is Cl.N[C@@H](c1ccc(Cl)nc1Cl)C1CCOCC1. The third kappa shape index (κ3) is 3.70. The molecule has 2 heterocycles. The lowest BCUT2D eigenvalue weighted by Gasteiger charge is -2.28. The van der Waals surface area contributed by atoms with Crippen LogP contribution in [0.5, 0.6) is 0 Å². The molecule has 1 aromatic heterocycles. The molecule has 0 saturated carbocycles. The topological polar surface area (TPSA) is 48.1 Å². The van der Waals surface area contributed by atoms with E-state index in [-0.39, 0.29) is 18.4 Å². The van der Waals surface area contributed by atoms with Crippen LogP contribution in [0.25, 0.3) is 0 Å². The molecule has 0 aliphatic carbocycles. The molecule has 3 nitrogen and oxygen atoms in total. The molecule has 1 aliphatic rings. The first kappa shape index (κ1) is 15.0. The van der Waals surface area contributed by atoms with Crippen LogP contribution < -0.4 is 5.73 Å². The van der Waals surface area contributed by atoms with Gasteiger partial charge in [0, 0.05) is 24.8 Å². The van der Waals surface area contributed by atoms with E-state index in [4.69, 9.17) is 33.7 Å². The minimum atomic E-state index is -0.0823. The Kier molecular flexibility index (Phi) is 5.97. The first-order chi connectivity index (χ1) is 7.68. The van der Waals surface area contributed by atoms with E-state index in [1.54, 1.807) is 6.07 Å². The molecule has 0 bridgehead atoms. The summed E-state index contributed by atoms with van der Waals surface area (Å²) in [6.45, 7) is 1.55. The molecule has 0 amide bonds. The van der Waals surface area contributed by atoms with Crippen LogP contribution in [-0.4, -0.2) is 18.2 Å². The summed E-state index contributed by atoms with van der Waals surface area (Å²) in [7, 11) is 0. The second-order valence-corrected chi connectivity index (χ2v) is 4.73. The average molecular weight is 298 g/mol. The van der Waals surface area contributed by atoms with E-state index in [2.05, 4.69) is 4.98 Å². The highest BCUT2D eigenvalue weighted by Gasteiger charge is 2.24. The molecular formula is C11H15Cl3N2O. The van der Waals surface area contributed by atoms with Crippen molar-refractivity contribution in [3.63, 3.8) is 0 Å². The third-order valence-corrected chi connectivity index (χ3v) is 3.49. The number of rotatable bonds is 2. The van der Waals surface area contributed by atoms with Gasteiger partial charge in [-0.05, 0) is 24.8 Å². The molecule has 2 N–H and O–H groups in total. The molecular weight excluding hydrogens is 282 g/mol. The zero-order valence-electron chi connectivity index (χ0n) is 9.23. The molecule has 96 valence electrons. The Morgan fingerprint density at radius 2 is 1.94 bits per heavy atom. The second kappa shape index (κ2) is 6.76. The zero-order valence-corrected chi connectivity index (χ0v) is 11.6. The van der Waals surface area contributed by atoms with Crippen LogP contribution >= 0.6 is 35.6 Å². The van der Waals surface area contributed by atoms with Crippen molar-refractivity contribution in [3.05, 3.63) is 28.0 Å². The summed E-state index contributed by atoms with van der Waals surface area (Å²) in [4.78, 5) is 4.01. The number of aromatic nitrogens is 1. The lowest BCUT2D eigenvalue weighted by Crippen LogP contribution is -2.27. The zero-order chi connectivity index (χ0) is 11.5. The number of nitrogens with zero attached hydrogens (tertiary/aromatic N) is 1. The molecule has 1 saturated heterocycles. The van der Waals surface area contributed by atoms with Gasteiger partial charge in [-0.25, -0.2) is 4.98 Å². The highest BCUT2D eigenvalue weighted by Crippen LogP contribution is 2.31. The second-order valence-electron chi connectivity index (χ2n) is 3.99. The Morgan fingerprint density at radius 3 is 2.53 bits per heavy atom. The predicted molar refractivity (Wildman–Crippen MR) is 72.0 cm³/mol. The Hall–Kier alpha value is -0.0600. The van der Waals surface area contributed by atoms with Crippen LogP contribution in [0.2, 0.25) is 10.3 Å². The van der Waals surface area contributed by atoms with Gasteiger partial charge in [0.25, 0.3) is 0 Å². The Balaban J connectivity index is 0.00000144. The van der Waals surface area contributed by atoms with Gasteiger partial charge in [0.15, 0.2) is 0 Å². The van der Waals surface area contributed by atoms with E-state index in [1.165, 1.54) is 0 Å². The fourth-order valence-electron chi connectivity index (χ4n) is 2.00. The number of halogens is 3. The molecule has 1 aliphatic heterocycles. The van der Waals surface area contributed by atoms with Gasteiger partial charge in [0.2, 0.25) is 0 Å². The fraction of sp³-hybridized carbons (Fsp3) is 0.545. The van der Waals surface area contributed by atoms with Crippen LogP contribution in [0.3, 0.4) is 0 Å². The van der Waals surface area contributed by atoms with E-state index < -0.39 is 0 Å². The van der Waals surface area contributed by atoms with Gasteiger partial charge in [0.05, 0.1) is 0 Å². The van der Waals surface area contributed by atoms with Crippen molar-refractivity contribution in [3.8, 4) is 0 Å². The highest BCUT2D eigenvalue weighted by molar-refractivity contribution is 6.32. The molecule has 1 aromatic rings. The van der Waals surface area contributed by atoms with Gasteiger partial charge < -0.3 is 10.5 Å². The molecule has 1 fully saturated rings. The molecule has 0 unspecified atom stereocenters. The summed E-state index contributed by atoms with van der Waals surface area (Å²) in [5, 5.41) is 0.805. The van der Waals surface area contributed by atoms with E-state index in [1.807, 2.05) is 6.07 Å². The van der Waals surface area contributed by atoms with Crippen molar-refractivity contribution in [1.29, 1.82) is 0 Å². The van der Waals surface area contributed by atoms with Crippen molar-refractivity contribution < 1.29 is 4.74 Å². The largest absolute Gasteiger partial charge is 0.381 e. The van der Waals surface area contributed by atoms with Gasteiger partial charge in [0.1, 0.15) is 10.3 Å². The molecule has 0 radical (unpaired) electrons. The van der Waals surface area contributed by atoms with E-state index in [9.17, 15) is 0 Å². The normalized spacial score (nSPS) is 18.5. The number of hydrogen-bond acceptors (Lipinski definition) is 3. The Bertz CT molecular complexity index is 370. The number of hydrogen-bond donors (Lipinski definition) is 1. The summed E-state index contributed by atoms with van der Waals surface area (Å²) in [5.74, 6) is 0.411. The number of ether oxygens (including phenoxy) is 1. The third-order valence-electron chi connectivity index (χ3n) is 2.98.